The first-order chi connectivity index (χ1) is 10.4. The molecule has 1 aliphatic heterocycles. The molecule has 1 saturated carbocycles. The first-order valence-corrected chi connectivity index (χ1v) is 8.26. The molecule has 0 radical (unpaired) electrons. The van der Waals surface area contributed by atoms with Crippen LogP contribution in [0.25, 0.3) is 0 Å². The molecule has 3 unspecified atom stereocenters. The lowest BCUT2D eigenvalue weighted by Gasteiger charge is -2.34. The van der Waals surface area contributed by atoms with Crippen LogP contribution in [0.4, 0.5) is 0 Å². The van der Waals surface area contributed by atoms with E-state index in [4.69, 9.17) is 0 Å². The molecular weight excluding hydrogens is 284 g/mol. The summed E-state index contributed by atoms with van der Waals surface area (Å²) in [6, 6.07) is -0.770. The number of carbonyl (C=O) groups is 3. The zero-order valence-electron chi connectivity index (χ0n) is 13.4. The lowest BCUT2D eigenvalue weighted by Crippen LogP contribution is -2.50. The minimum atomic E-state index is -0.959. The Balaban J connectivity index is 1.92. The van der Waals surface area contributed by atoms with Gasteiger partial charge in [0.15, 0.2) is 0 Å². The van der Waals surface area contributed by atoms with Gasteiger partial charge in [0.05, 0.1) is 5.92 Å². The van der Waals surface area contributed by atoms with Gasteiger partial charge in [-0.05, 0) is 38.0 Å². The fraction of sp³-hybridized carbons (Fsp3) is 0.812. The van der Waals surface area contributed by atoms with Crippen LogP contribution in [-0.4, -0.2) is 46.9 Å². The van der Waals surface area contributed by atoms with E-state index in [2.05, 4.69) is 5.32 Å². The van der Waals surface area contributed by atoms with E-state index in [9.17, 15) is 19.5 Å². The van der Waals surface area contributed by atoms with E-state index in [1.807, 2.05) is 13.8 Å². The second kappa shape index (κ2) is 7.11. The quantitative estimate of drug-likeness (QED) is 0.773. The normalized spacial score (nSPS) is 24.5. The molecule has 0 spiro atoms. The van der Waals surface area contributed by atoms with Crippen molar-refractivity contribution in [3.05, 3.63) is 0 Å². The number of hydrogen-bond acceptors (Lipinski definition) is 3. The SMILES string of the molecule is CCC(C)C(=O)N1CCCC(C(=O)NC(C(=O)O)C2CC2)C1. The molecule has 6 nitrogen and oxygen atoms in total. The molecule has 3 atom stereocenters. The standard InChI is InChI=1S/C16H26N2O4/c1-3-10(2)15(20)18-8-4-5-12(9-18)14(19)17-13(16(21)22)11-6-7-11/h10-13H,3-9H2,1-2H3,(H,17,19)(H,21,22). The van der Waals surface area contributed by atoms with E-state index in [1.54, 1.807) is 4.90 Å². The molecule has 0 aromatic rings. The summed E-state index contributed by atoms with van der Waals surface area (Å²) < 4.78 is 0. The number of piperidine rings is 1. The third-order valence-corrected chi connectivity index (χ3v) is 4.80. The summed E-state index contributed by atoms with van der Waals surface area (Å²) in [5.74, 6) is -1.33. The fourth-order valence-electron chi connectivity index (χ4n) is 2.96. The Hall–Kier alpha value is -1.59. The number of likely N-dealkylation sites (tertiary alicyclic amines) is 1. The zero-order valence-corrected chi connectivity index (χ0v) is 13.4. The van der Waals surface area contributed by atoms with Gasteiger partial charge in [-0.15, -0.1) is 0 Å². The van der Waals surface area contributed by atoms with Gasteiger partial charge >= 0.3 is 5.97 Å². The maximum Gasteiger partial charge on any atom is 0.326 e. The highest BCUT2D eigenvalue weighted by Crippen LogP contribution is 2.33. The van der Waals surface area contributed by atoms with Crippen molar-refractivity contribution in [3.8, 4) is 0 Å². The van der Waals surface area contributed by atoms with Crippen molar-refractivity contribution in [2.75, 3.05) is 13.1 Å². The van der Waals surface area contributed by atoms with Crippen molar-refractivity contribution in [1.29, 1.82) is 0 Å². The number of nitrogens with one attached hydrogen (secondary N) is 1. The maximum absolute atomic E-state index is 12.3. The Morgan fingerprint density at radius 3 is 2.50 bits per heavy atom. The van der Waals surface area contributed by atoms with Crippen LogP contribution in [0.15, 0.2) is 0 Å². The molecule has 2 fully saturated rings. The molecule has 22 heavy (non-hydrogen) atoms. The Morgan fingerprint density at radius 1 is 1.27 bits per heavy atom. The van der Waals surface area contributed by atoms with Crippen molar-refractivity contribution in [3.63, 3.8) is 0 Å². The van der Waals surface area contributed by atoms with Gasteiger partial charge in [0.2, 0.25) is 11.8 Å². The predicted molar refractivity (Wildman–Crippen MR) is 81.0 cm³/mol. The topological polar surface area (TPSA) is 86.7 Å². The molecule has 1 saturated heterocycles. The van der Waals surface area contributed by atoms with Crippen LogP contribution in [0, 0.1) is 17.8 Å². The number of nitrogens with zero attached hydrogens (tertiary/aromatic N) is 1. The first-order valence-electron chi connectivity index (χ1n) is 8.26. The van der Waals surface area contributed by atoms with Crippen molar-refractivity contribution < 1.29 is 19.5 Å². The molecule has 0 aromatic heterocycles. The summed E-state index contributed by atoms with van der Waals surface area (Å²) in [6.07, 6.45) is 4.02. The Morgan fingerprint density at radius 2 is 1.95 bits per heavy atom. The largest absolute Gasteiger partial charge is 0.480 e. The van der Waals surface area contributed by atoms with E-state index >= 15 is 0 Å². The predicted octanol–water partition coefficient (Wildman–Crippen LogP) is 1.25. The van der Waals surface area contributed by atoms with E-state index in [0.717, 1.165) is 25.7 Å². The Kier molecular flexibility index (Phi) is 5.42. The molecule has 2 aliphatic rings. The molecule has 1 heterocycles. The van der Waals surface area contributed by atoms with Crippen LogP contribution in [0.5, 0.6) is 0 Å². The molecule has 2 N–H and O–H groups in total. The molecule has 0 bridgehead atoms. The van der Waals surface area contributed by atoms with Crippen LogP contribution in [0.1, 0.15) is 46.0 Å². The van der Waals surface area contributed by atoms with Crippen molar-refractivity contribution >= 4 is 17.8 Å². The second-order valence-corrected chi connectivity index (χ2v) is 6.59. The number of carboxylic acids is 1. The van der Waals surface area contributed by atoms with Crippen LogP contribution in [0.2, 0.25) is 0 Å². The summed E-state index contributed by atoms with van der Waals surface area (Å²) in [6.45, 7) is 4.98. The van der Waals surface area contributed by atoms with E-state index in [0.29, 0.717) is 19.5 Å². The highest BCUT2D eigenvalue weighted by molar-refractivity contribution is 5.86. The van der Waals surface area contributed by atoms with Gasteiger partial charge in [0, 0.05) is 19.0 Å². The van der Waals surface area contributed by atoms with Gasteiger partial charge < -0.3 is 15.3 Å². The van der Waals surface area contributed by atoms with E-state index in [1.165, 1.54) is 0 Å². The molecule has 2 rings (SSSR count). The number of aliphatic carboxylic acids is 1. The second-order valence-electron chi connectivity index (χ2n) is 6.59. The number of amides is 2. The average molecular weight is 310 g/mol. The lowest BCUT2D eigenvalue weighted by atomic mass is 9.95. The third kappa shape index (κ3) is 3.99. The van der Waals surface area contributed by atoms with Gasteiger partial charge in [0.1, 0.15) is 6.04 Å². The molecule has 0 aromatic carbocycles. The van der Waals surface area contributed by atoms with Crippen LogP contribution in [-0.2, 0) is 14.4 Å². The Labute approximate surface area is 131 Å². The smallest absolute Gasteiger partial charge is 0.326 e. The first kappa shape index (κ1) is 16.8. The molecule has 1 aliphatic carbocycles. The summed E-state index contributed by atoms with van der Waals surface area (Å²) in [4.78, 5) is 37.6. The Bertz CT molecular complexity index is 447. The van der Waals surface area contributed by atoms with Crippen molar-refractivity contribution in [2.24, 2.45) is 17.8 Å². The van der Waals surface area contributed by atoms with Crippen LogP contribution in [0.3, 0.4) is 0 Å². The van der Waals surface area contributed by atoms with Crippen LogP contribution >= 0.6 is 0 Å². The zero-order chi connectivity index (χ0) is 16.3. The molecule has 2 amide bonds. The lowest BCUT2D eigenvalue weighted by molar-refractivity contribution is -0.145. The van der Waals surface area contributed by atoms with Gasteiger partial charge in [0.25, 0.3) is 0 Å². The van der Waals surface area contributed by atoms with Crippen LogP contribution < -0.4 is 5.32 Å². The summed E-state index contributed by atoms with van der Waals surface area (Å²) in [7, 11) is 0. The maximum atomic E-state index is 12.3. The fourth-order valence-corrected chi connectivity index (χ4v) is 2.96. The highest BCUT2D eigenvalue weighted by Gasteiger charge is 2.39. The van der Waals surface area contributed by atoms with Gasteiger partial charge in [-0.25, -0.2) is 4.79 Å². The molecule has 6 heteroatoms. The van der Waals surface area contributed by atoms with Gasteiger partial charge in [-0.1, -0.05) is 13.8 Å². The van der Waals surface area contributed by atoms with Crippen molar-refractivity contribution in [1.82, 2.24) is 10.2 Å². The molecule has 124 valence electrons. The number of hydrogen-bond donors (Lipinski definition) is 2. The van der Waals surface area contributed by atoms with E-state index < -0.39 is 12.0 Å². The average Bonchev–Trinajstić information content (AvgIpc) is 3.35. The minimum absolute atomic E-state index is 0.0277. The van der Waals surface area contributed by atoms with E-state index in [-0.39, 0.29) is 29.6 Å². The third-order valence-electron chi connectivity index (χ3n) is 4.80. The summed E-state index contributed by atoms with van der Waals surface area (Å²) >= 11 is 0. The summed E-state index contributed by atoms with van der Waals surface area (Å²) in [5.41, 5.74) is 0. The number of carboxylic acid groups (broad SMARTS) is 1. The highest BCUT2D eigenvalue weighted by atomic mass is 16.4. The summed E-state index contributed by atoms with van der Waals surface area (Å²) in [5, 5.41) is 11.9. The monoisotopic (exact) mass is 310 g/mol. The van der Waals surface area contributed by atoms with Gasteiger partial charge in [-0.2, -0.15) is 0 Å². The van der Waals surface area contributed by atoms with Gasteiger partial charge in [-0.3, -0.25) is 9.59 Å². The number of rotatable bonds is 6. The van der Waals surface area contributed by atoms with Crippen molar-refractivity contribution in [2.45, 2.75) is 52.0 Å². The minimum Gasteiger partial charge on any atom is -0.480 e. The molecular formula is C16H26N2O4. The number of carbonyl (C=O) groups excluding carboxylic acids is 2.